The molecule has 4 N–H and O–H groups in total. The lowest BCUT2D eigenvalue weighted by Crippen LogP contribution is -1.95. The number of rotatable bonds is 4. The summed E-state index contributed by atoms with van der Waals surface area (Å²) in [5, 5.41) is 2.61. The number of nitrogens with two attached hydrogens (primary N) is 2. The predicted molar refractivity (Wildman–Crippen MR) is 126 cm³/mol. The highest BCUT2D eigenvalue weighted by Gasteiger charge is 2.09. The third kappa shape index (κ3) is 3.34. The van der Waals surface area contributed by atoms with Crippen LogP contribution in [0.5, 0.6) is 0 Å². The van der Waals surface area contributed by atoms with Gasteiger partial charge in [0.05, 0.1) is 0 Å². The quantitative estimate of drug-likeness (QED) is 0.375. The molecule has 0 amide bonds. The van der Waals surface area contributed by atoms with Crippen LogP contribution in [0.2, 0.25) is 0 Å². The van der Waals surface area contributed by atoms with E-state index in [0.717, 1.165) is 11.1 Å². The lowest BCUT2D eigenvalue weighted by molar-refractivity contribution is 1.07. The first kappa shape index (κ1) is 18.1. The zero-order valence-electron chi connectivity index (χ0n) is 16.1. The van der Waals surface area contributed by atoms with Gasteiger partial charge < -0.3 is 11.5 Å². The minimum atomic E-state index is 0.558. The zero-order chi connectivity index (χ0) is 19.8. The maximum absolute atomic E-state index is 5.83. The smallest absolute Gasteiger partial charge is 0.0355 e. The van der Waals surface area contributed by atoms with E-state index in [1.807, 2.05) is 11.3 Å². The van der Waals surface area contributed by atoms with Gasteiger partial charge in [-0.15, -0.1) is 11.3 Å². The minimum Gasteiger partial charge on any atom is -0.326 e. The Balaban J connectivity index is 1.66. The first-order valence-electron chi connectivity index (χ1n) is 9.80. The Morgan fingerprint density at radius 3 is 1.41 bits per heavy atom. The molecule has 142 valence electrons. The fourth-order valence-corrected chi connectivity index (χ4v) is 4.96. The predicted octanol–water partition coefficient (Wildman–Crippen LogP) is 6.31. The highest BCUT2D eigenvalue weighted by Crippen LogP contribution is 2.38. The Labute approximate surface area is 174 Å². The highest BCUT2D eigenvalue weighted by atomic mass is 32.1. The van der Waals surface area contributed by atoms with Gasteiger partial charge in [0.25, 0.3) is 0 Å². The highest BCUT2D eigenvalue weighted by molar-refractivity contribution is 7.25. The van der Waals surface area contributed by atoms with Crippen molar-refractivity contribution in [2.75, 3.05) is 0 Å². The van der Waals surface area contributed by atoms with Gasteiger partial charge in [0.2, 0.25) is 0 Å². The molecule has 4 aromatic carbocycles. The van der Waals surface area contributed by atoms with E-state index in [4.69, 9.17) is 11.5 Å². The Bertz CT molecular complexity index is 1230. The van der Waals surface area contributed by atoms with Crippen molar-refractivity contribution in [2.45, 2.75) is 13.1 Å². The van der Waals surface area contributed by atoms with E-state index in [0.29, 0.717) is 13.1 Å². The molecule has 29 heavy (non-hydrogen) atoms. The number of hydrogen-bond donors (Lipinski definition) is 2. The first-order chi connectivity index (χ1) is 14.2. The van der Waals surface area contributed by atoms with Gasteiger partial charge >= 0.3 is 0 Å². The van der Waals surface area contributed by atoms with Gasteiger partial charge in [0, 0.05) is 33.3 Å². The summed E-state index contributed by atoms with van der Waals surface area (Å²) in [6, 6.07) is 30.5. The van der Waals surface area contributed by atoms with Gasteiger partial charge in [0.15, 0.2) is 0 Å². The van der Waals surface area contributed by atoms with Gasteiger partial charge in [0.1, 0.15) is 0 Å². The summed E-state index contributed by atoms with van der Waals surface area (Å²) in [4.78, 5) is 0. The molecule has 0 radical (unpaired) electrons. The number of fused-ring (bicyclic) bond motifs is 3. The fourth-order valence-electron chi connectivity index (χ4n) is 3.89. The summed E-state index contributed by atoms with van der Waals surface area (Å²) in [5.74, 6) is 0. The average Bonchev–Trinajstić information content (AvgIpc) is 3.16. The van der Waals surface area contributed by atoms with Crippen LogP contribution in [-0.2, 0) is 13.1 Å². The molecule has 0 fully saturated rings. The molecular formula is C26H22N2S. The van der Waals surface area contributed by atoms with Crippen molar-refractivity contribution >= 4 is 31.5 Å². The Kier molecular flexibility index (Phi) is 4.64. The van der Waals surface area contributed by atoms with E-state index < -0.39 is 0 Å². The zero-order valence-corrected chi connectivity index (χ0v) is 16.9. The molecule has 0 atom stereocenters. The normalized spacial score (nSPS) is 11.4. The number of thiophene rings is 1. The summed E-state index contributed by atoms with van der Waals surface area (Å²) in [5.41, 5.74) is 18.8. The molecule has 0 unspecified atom stereocenters. The minimum absolute atomic E-state index is 0.558. The SMILES string of the molecule is NCc1cccc(-c2ccc3sc4ccc(-c5cccc(CN)c5)cc4c3c2)c1. The van der Waals surface area contributed by atoms with E-state index in [-0.39, 0.29) is 0 Å². The molecule has 5 rings (SSSR count). The fraction of sp³-hybridized carbons (Fsp3) is 0.0769. The average molecular weight is 395 g/mol. The van der Waals surface area contributed by atoms with Crippen molar-refractivity contribution in [3.63, 3.8) is 0 Å². The number of hydrogen-bond acceptors (Lipinski definition) is 3. The van der Waals surface area contributed by atoms with Crippen molar-refractivity contribution in [2.24, 2.45) is 11.5 Å². The molecule has 0 saturated carbocycles. The molecule has 2 nitrogen and oxygen atoms in total. The van der Waals surface area contributed by atoms with Crippen LogP contribution in [-0.4, -0.2) is 0 Å². The molecule has 0 aliphatic carbocycles. The molecular weight excluding hydrogens is 372 g/mol. The van der Waals surface area contributed by atoms with E-state index in [1.165, 1.54) is 42.4 Å². The summed E-state index contributed by atoms with van der Waals surface area (Å²) >= 11 is 1.84. The van der Waals surface area contributed by atoms with Crippen LogP contribution < -0.4 is 11.5 Å². The second-order valence-corrected chi connectivity index (χ2v) is 8.42. The van der Waals surface area contributed by atoms with Gasteiger partial charge in [-0.2, -0.15) is 0 Å². The molecule has 0 saturated heterocycles. The van der Waals surface area contributed by atoms with E-state index in [9.17, 15) is 0 Å². The largest absolute Gasteiger partial charge is 0.326 e. The van der Waals surface area contributed by atoms with Crippen molar-refractivity contribution < 1.29 is 0 Å². The van der Waals surface area contributed by atoms with Crippen LogP contribution in [0, 0.1) is 0 Å². The Hall–Kier alpha value is -2.98. The van der Waals surface area contributed by atoms with Crippen LogP contribution in [0.25, 0.3) is 42.4 Å². The van der Waals surface area contributed by atoms with Gasteiger partial charge in [-0.1, -0.05) is 48.5 Å². The maximum Gasteiger partial charge on any atom is 0.0355 e. The molecule has 1 heterocycles. The van der Waals surface area contributed by atoms with Gasteiger partial charge in [-0.3, -0.25) is 0 Å². The second-order valence-electron chi connectivity index (χ2n) is 7.33. The van der Waals surface area contributed by atoms with Crippen LogP contribution >= 0.6 is 11.3 Å². The molecule has 0 aliphatic heterocycles. The van der Waals surface area contributed by atoms with Crippen molar-refractivity contribution in [3.05, 3.63) is 96.1 Å². The van der Waals surface area contributed by atoms with Crippen LogP contribution in [0.1, 0.15) is 11.1 Å². The summed E-state index contributed by atoms with van der Waals surface area (Å²) in [6.45, 7) is 1.12. The van der Waals surface area contributed by atoms with E-state index in [1.54, 1.807) is 0 Å². The third-order valence-electron chi connectivity index (χ3n) is 5.46. The third-order valence-corrected chi connectivity index (χ3v) is 6.61. The molecule has 0 bridgehead atoms. The van der Waals surface area contributed by atoms with Gasteiger partial charge in [-0.25, -0.2) is 0 Å². The van der Waals surface area contributed by atoms with E-state index >= 15 is 0 Å². The first-order valence-corrected chi connectivity index (χ1v) is 10.6. The molecule has 0 spiro atoms. The van der Waals surface area contributed by atoms with Crippen LogP contribution in [0.3, 0.4) is 0 Å². The molecule has 1 aromatic heterocycles. The van der Waals surface area contributed by atoms with Crippen LogP contribution in [0.15, 0.2) is 84.9 Å². The Morgan fingerprint density at radius 2 is 0.966 bits per heavy atom. The molecule has 0 aliphatic rings. The van der Waals surface area contributed by atoms with Gasteiger partial charge in [-0.05, 0) is 69.8 Å². The summed E-state index contributed by atoms with van der Waals surface area (Å²) in [7, 11) is 0. The van der Waals surface area contributed by atoms with Crippen LogP contribution in [0.4, 0.5) is 0 Å². The number of benzene rings is 4. The Morgan fingerprint density at radius 1 is 0.517 bits per heavy atom. The maximum atomic E-state index is 5.83. The monoisotopic (exact) mass is 394 g/mol. The lowest BCUT2D eigenvalue weighted by atomic mass is 9.98. The molecule has 3 heteroatoms. The standard InChI is InChI=1S/C26H22N2S/c27-15-17-3-1-5-19(11-17)21-7-9-25-23(13-21)24-14-22(8-10-26(24)29-25)20-6-2-4-18(12-20)16-28/h1-14H,15-16,27-28H2. The van der Waals surface area contributed by atoms with E-state index in [2.05, 4.69) is 84.9 Å². The summed E-state index contributed by atoms with van der Waals surface area (Å²) < 4.78 is 2.62. The van der Waals surface area contributed by atoms with Crippen molar-refractivity contribution in [1.29, 1.82) is 0 Å². The topological polar surface area (TPSA) is 52.0 Å². The second kappa shape index (κ2) is 7.45. The lowest BCUT2D eigenvalue weighted by Gasteiger charge is -2.06. The molecule has 5 aromatic rings. The summed E-state index contributed by atoms with van der Waals surface area (Å²) in [6.07, 6.45) is 0. The van der Waals surface area contributed by atoms with Crippen molar-refractivity contribution in [3.8, 4) is 22.3 Å². The van der Waals surface area contributed by atoms with Crippen molar-refractivity contribution in [1.82, 2.24) is 0 Å².